The monoisotopic (exact) mass is 547 g/mol. The molecule has 0 aliphatic carbocycles. The Labute approximate surface area is 198 Å². The summed E-state index contributed by atoms with van der Waals surface area (Å²) in [6.07, 6.45) is -3.34. The Morgan fingerprint density at radius 2 is 1.94 bits per heavy atom. The number of pyridine rings is 1. The molecule has 1 aromatic carbocycles. The minimum atomic E-state index is -4.29. The standard InChI is InChI=1S/C22H28F3N5.HI/c1-3-26-21(27-13-19-6-4-5-16(2)28-19)29-20-11-12-30(15-20)14-17-7-9-18(10-8-17)22(23,24)25;/h4-10,20H,3,11-15H2,1-2H3,(H2,26,27,29);1H. The van der Waals surface area contributed by atoms with Gasteiger partial charge in [0.05, 0.1) is 17.8 Å². The van der Waals surface area contributed by atoms with Gasteiger partial charge in [-0.25, -0.2) is 4.99 Å². The van der Waals surface area contributed by atoms with E-state index in [-0.39, 0.29) is 30.0 Å². The highest BCUT2D eigenvalue weighted by Gasteiger charge is 2.30. The largest absolute Gasteiger partial charge is 0.416 e. The number of guanidine groups is 1. The van der Waals surface area contributed by atoms with Crippen LogP contribution in [0.15, 0.2) is 47.5 Å². The SMILES string of the molecule is CCNC(=NCc1cccc(C)n1)NC1CCN(Cc2ccc(C(F)(F)F)cc2)C1.I. The minimum Gasteiger partial charge on any atom is -0.357 e. The van der Waals surface area contributed by atoms with Crippen LogP contribution in [0.3, 0.4) is 0 Å². The number of nitrogens with one attached hydrogen (secondary N) is 2. The topological polar surface area (TPSA) is 52.6 Å². The van der Waals surface area contributed by atoms with Crippen LogP contribution < -0.4 is 10.6 Å². The molecular formula is C22H29F3IN5. The van der Waals surface area contributed by atoms with Gasteiger partial charge in [-0.3, -0.25) is 9.88 Å². The van der Waals surface area contributed by atoms with Gasteiger partial charge in [-0.2, -0.15) is 13.2 Å². The zero-order valence-electron chi connectivity index (χ0n) is 17.7. The second-order valence-electron chi connectivity index (χ2n) is 7.53. The molecule has 170 valence electrons. The molecule has 2 aromatic rings. The second kappa shape index (κ2) is 11.7. The van der Waals surface area contributed by atoms with Gasteiger partial charge in [-0.1, -0.05) is 18.2 Å². The van der Waals surface area contributed by atoms with E-state index in [0.29, 0.717) is 13.1 Å². The van der Waals surface area contributed by atoms with Gasteiger partial charge in [0.1, 0.15) is 0 Å². The van der Waals surface area contributed by atoms with Crippen LogP contribution in [-0.4, -0.2) is 41.5 Å². The van der Waals surface area contributed by atoms with Crippen molar-refractivity contribution in [2.75, 3.05) is 19.6 Å². The molecule has 2 heterocycles. The lowest BCUT2D eigenvalue weighted by atomic mass is 10.1. The van der Waals surface area contributed by atoms with E-state index >= 15 is 0 Å². The van der Waals surface area contributed by atoms with E-state index in [9.17, 15) is 13.2 Å². The number of hydrogen-bond acceptors (Lipinski definition) is 3. The van der Waals surface area contributed by atoms with Crippen molar-refractivity contribution in [1.82, 2.24) is 20.5 Å². The maximum atomic E-state index is 12.7. The predicted octanol–water partition coefficient (Wildman–Crippen LogP) is 4.36. The molecule has 1 aliphatic heterocycles. The number of aromatic nitrogens is 1. The summed E-state index contributed by atoms with van der Waals surface area (Å²) in [7, 11) is 0. The molecule has 0 spiro atoms. The van der Waals surface area contributed by atoms with Crippen LogP contribution in [0.5, 0.6) is 0 Å². The van der Waals surface area contributed by atoms with E-state index in [1.54, 1.807) is 12.1 Å². The van der Waals surface area contributed by atoms with E-state index in [1.165, 1.54) is 0 Å². The lowest BCUT2D eigenvalue weighted by Gasteiger charge is -2.19. The van der Waals surface area contributed by atoms with Crippen LogP contribution in [-0.2, 0) is 19.3 Å². The fourth-order valence-electron chi connectivity index (χ4n) is 3.51. The average molecular weight is 547 g/mol. The zero-order valence-corrected chi connectivity index (χ0v) is 20.1. The fourth-order valence-corrected chi connectivity index (χ4v) is 3.51. The summed E-state index contributed by atoms with van der Waals surface area (Å²) in [5.74, 6) is 0.752. The normalized spacial score (nSPS) is 17.3. The van der Waals surface area contributed by atoms with Gasteiger partial charge in [0.2, 0.25) is 0 Å². The third-order valence-corrected chi connectivity index (χ3v) is 4.99. The van der Waals surface area contributed by atoms with E-state index in [4.69, 9.17) is 0 Å². The summed E-state index contributed by atoms with van der Waals surface area (Å²) in [6.45, 7) is 7.57. The van der Waals surface area contributed by atoms with Gasteiger partial charge in [0.15, 0.2) is 5.96 Å². The Morgan fingerprint density at radius 1 is 1.19 bits per heavy atom. The minimum absolute atomic E-state index is 0. The van der Waals surface area contributed by atoms with Crippen molar-refractivity contribution in [3.8, 4) is 0 Å². The number of likely N-dealkylation sites (tertiary alicyclic amines) is 1. The maximum Gasteiger partial charge on any atom is 0.416 e. The molecule has 5 nitrogen and oxygen atoms in total. The lowest BCUT2D eigenvalue weighted by Crippen LogP contribution is -2.44. The van der Waals surface area contributed by atoms with Crippen molar-refractivity contribution in [2.45, 2.75) is 45.6 Å². The van der Waals surface area contributed by atoms with E-state index in [1.807, 2.05) is 32.0 Å². The number of nitrogens with zero attached hydrogens (tertiary/aromatic N) is 3. The van der Waals surface area contributed by atoms with E-state index in [2.05, 4.69) is 25.5 Å². The lowest BCUT2D eigenvalue weighted by molar-refractivity contribution is -0.137. The molecule has 1 saturated heterocycles. The third-order valence-electron chi connectivity index (χ3n) is 4.99. The first-order chi connectivity index (χ1) is 14.3. The quantitative estimate of drug-likeness (QED) is 0.321. The van der Waals surface area contributed by atoms with Crippen LogP contribution in [0.25, 0.3) is 0 Å². The van der Waals surface area contributed by atoms with E-state index < -0.39 is 11.7 Å². The highest BCUT2D eigenvalue weighted by atomic mass is 127. The number of aliphatic imine (C=N–C) groups is 1. The molecule has 0 saturated carbocycles. The fraction of sp³-hybridized carbons (Fsp3) is 0.455. The smallest absolute Gasteiger partial charge is 0.357 e. The molecule has 1 aromatic heterocycles. The van der Waals surface area contributed by atoms with Crippen LogP contribution in [0.2, 0.25) is 0 Å². The maximum absolute atomic E-state index is 12.7. The molecule has 0 amide bonds. The Balaban J connectivity index is 0.00000341. The molecule has 1 aliphatic rings. The summed E-state index contributed by atoms with van der Waals surface area (Å²) in [6, 6.07) is 11.6. The van der Waals surface area contributed by atoms with Crippen LogP contribution in [0.4, 0.5) is 13.2 Å². The van der Waals surface area contributed by atoms with Crippen molar-refractivity contribution in [2.24, 2.45) is 4.99 Å². The molecule has 0 radical (unpaired) electrons. The molecule has 31 heavy (non-hydrogen) atoms. The summed E-state index contributed by atoms with van der Waals surface area (Å²) in [5, 5.41) is 6.73. The highest BCUT2D eigenvalue weighted by Crippen LogP contribution is 2.29. The van der Waals surface area contributed by atoms with Crippen LogP contribution >= 0.6 is 24.0 Å². The molecule has 1 unspecified atom stereocenters. The highest BCUT2D eigenvalue weighted by molar-refractivity contribution is 14.0. The average Bonchev–Trinajstić information content (AvgIpc) is 3.13. The number of alkyl halides is 3. The van der Waals surface area contributed by atoms with Crippen molar-refractivity contribution in [3.05, 3.63) is 65.0 Å². The first-order valence-electron chi connectivity index (χ1n) is 10.2. The Bertz CT molecular complexity index is 855. The predicted molar refractivity (Wildman–Crippen MR) is 127 cm³/mol. The summed E-state index contributed by atoms with van der Waals surface area (Å²) in [4.78, 5) is 11.4. The number of rotatable bonds is 6. The van der Waals surface area contributed by atoms with Crippen LogP contribution in [0.1, 0.15) is 35.9 Å². The summed E-state index contributed by atoms with van der Waals surface area (Å²) in [5.41, 5.74) is 2.16. The third kappa shape index (κ3) is 7.95. The Morgan fingerprint density at radius 3 is 2.58 bits per heavy atom. The Hall–Kier alpha value is -1.88. The number of aryl methyl sites for hydroxylation is 1. The van der Waals surface area contributed by atoms with Gasteiger partial charge >= 0.3 is 6.18 Å². The van der Waals surface area contributed by atoms with Gasteiger partial charge < -0.3 is 10.6 Å². The molecule has 2 N–H and O–H groups in total. The number of benzene rings is 1. The number of halogens is 4. The molecule has 1 atom stereocenters. The number of hydrogen-bond donors (Lipinski definition) is 2. The molecule has 9 heteroatoms. The summed E-state index contributed by atoms with van der Waals surface area (Å²) < 4.78 is 38.1. The van der Waals surface area contributed by atoms with Crippen molar-refractivity contribution in [1.29, 1.82) is 0 Å². The van der Waals surface area contributed by atoms with Crippen molar-refractivity contribution >= 4 is 29.9 Å². The van der Waals surface area contributed by atoms with Gasteiger partial charge in [0.25, 0.3) is 0 Å². The van der Waals surface area contributed by atoms with Crippen molar-refractivity contribution in [3.63, 3.8) is 0 Å². The molecular weight excluding hydrogens is 518 g/mol. The zero-order chi connectivity index (χ0) is 21.6. The van der Waals surface area contributed by atoms with Gasteiger partial charge in [-0.15, -0.1) is 24.0 Å². The summed E-state index contributed by atoms with van der Waals surface area (Å²) >= 11 is 0. The van der Waals surface area contributed by atoms with Crippen molar-refractivity contribution < 1.29 is 13.2 Å². The first kappa shape index (κ1) is 25.4. The first-order valence-corrected chi connectivity index (χ1v) is 10.2. The molecule has 1 fully saturated rings. The van der Waals surface area contributed by atoms with Gasteiger partial charge in [-0.05, 0) is 50.1 Å². The van der Waals surface area contributed by atoms with Crippen LogP contribution in [0, 0.1) is 6.92 Å². The molecule has 0 bridgehead atoms. The molecule has 3 rings (SSSR count). The Kier molecular flexibility index (Phi) is 9.54. The van der Waals surface area contributed by atoms with Gasteiger partial charge in [0, 0.05) is 37.9 Å². The van der Waals surface area contributed by atoms with E-state index in [0.717, 1.165) is 61.1 Å². The second-order valence-corrected chi connectivity index (χ2v) is 7.53.